The van der Waals surface area contributed by atoms with Gasteiger partial charge in [0.15, 0.2) is 0 Å². The molecule has 0 spiro atoms. The van der Waals surface area contributed by atoms with Gasteiger partial charge in [-0.3, -0.25) is 0 Å². The van der Waals surface area contributed by atoms with E-state index in [9.17, 15) is 19.8 Å². The molecule has 4 nitrogen and oxygen atoms in total. The molecule has 0 aliphatic heterocycles. The smallest absolute Gasteiger partial charge is 0.0414 e. The molecule has 0 heterocycles. The van der Waals surface area contributed by atoms with Gasteiger partial charge in [0.05, 0.1) is 0 Å². The van der Waals surface area contributed by atoms with Gasteiger partial charge in [-0.15, -0.1) is 0 Å². The molecule has 170 valence electrons. The Kier molecular flexibility index (Phi) is 21.8. The first-order valence-electron chi connectivity index (χ1n) is 12.0. The average Bonchev–Trinajstić information content (AvgIpc) is 2.70. The van der Waals surface area contributed by atoms with Crippen molar-refractivity contribution < 1.29 is 19.8 Å². The summed E-state index contributed by atoms with van der Waals surface area (Å²) in [7, 11) is 0. The summed E-state index contributed by atoms with van der Waals surface area (Å²) in [4.78, 5) is 20.6. The fourth-order valence-corrected chi connectivity index (χ4v) is 3.30. The van der Waals surface area contributed by atoms with Gasteiger partial charge in [-0.05, 0) is 50.4 Å². The van der Waals surface area contributed by atoms with E-state index in [1.807, 2.05) is 0 Å². The quantitative estimate of drug-likeness (QED) is 0.219. The van der Waals surface area contributed by atoms with Crippen LogP contribution in [0.2, 0.25) is 0 Å². The third kappa shape index (κ3) is 26.1. The minimum absolute atomic E-state index is 0.193. The van der Waals surface area contributed by atoms with Crippen LogP contribution in [0.1, 0.15) is 128 Å². The maximum Gasteiger partial charge on any atom is 0.0414 e. The molecule has 30 heavy (non-hydrogen) atoms. The number of hydrogen-bond acceptors (Lipinski definition) is 4. The van der Waals surface area contributed by atoms with E-state index in [4.69, 9.17) is 0 Å². The Balaban J connectivity index is 3.26. The van der Waals surface area contributed by atoms with Gasteiger partial charge in [-0.25, -0.2) is 0 Å². The second-order valence-electron chi connectivity index (χ2n) is 8.00. The molecule has 0 aromatic heterocycles. The number of unbranched alkanes of at least 4 members (excludes halogenated alkanes) is 16. The maximum absolute atomic E-state index is 10.3. The van der Waals surface area contributed by atoms with Crippen LogP contribution in [0.25, 0.3) is 0 Å². The summed E-state index contributed by atoms with van der Waals surface area (Å²) in [5, 5.41) is 20.6. The fourth-order valence-electron chi connectivity index (χ4n) is 3.30. The summed E-state index contributed by atoms with van der Waals surface area (Å²) >= 11 is 0. The molecule has 0 saturated carbocycles. The SMILES string of the molecule is O=C([O-])CCCCCCCCCCC#CC#CCCCCCCCCCCC(=O)[O-]. The first kappa shape index (κ1) is 28.1. The van der Waals surface area contributed by atoms with E-state index < -0.39 is 11.9 Å². The molecular weight excluding hydrogens is 376 g/mol. The molecule has 0 bridgehead atoms. The van der Waals surface area contributed by atoms with E-state index in [0.717, 1.165) is 64.2 Å². The molecule has 0 N–H and O–H groups in total. The maximum atomic E-state index is 10.3. The molecule has 0 rings (SSSR count). The molecule has 0 aliphatic rings. The van der Waals surface area contributed by atoms with E-state index in [1.54, 1.807) is 0 Å². The molecule has 0 aliphatic carbocycles. The van der Waals surface area contributed by atoms with E-state index in [2.05, 4.69) is 23.7 Å². The van der Waals surface area contributed by atoms with E-state index in [-0.39, 0.29) is 12.8 Å². The molecule has 0 aromatic carbocycles. The van der Waals surface area contributed by atoms with E-state index in [0.29, 0.717) is 0 Å². The summed E-state index contributed by atoms with van der Waals surface area (Å²) in [6.45, 7) is 0. The summed E-state index contributed by atoms with van der Waals surface area (Å²) in [5.74, 6) is 10.3. The van der Waals surface area contributed by atoms with Gasteiger partial charge in [0, 0.05) is 24.8 Å². The van der Waals surface area contributed by atoms with Crippen molar-refractivity contribution in [2.45, 2.75) is 128 Å². The Hall–Kier alpha value is -1.94. The van der Waals surface area contributed by atoms with Crippen LogP contribution in [-0.4, -0.2) is 11.9 Å². The first-order valence-corrected chi connectivity index (χ1v) is 12.0. The highest BCUT2D eigenvalue weighted by Gasteiger charge is 1.93. The minimum atomic E-state index is -0.936. The standard InChI is InChI=1S/C26H42O4/c27-25(28)23-21-19-17-15-13-11-9-7-5-3-1-2-4-6-8-10-12-14-16-18-20-22-24-26(29)30/h5-24H2,(H,27,28)(H,29,30)/p-2. The fraction of sp³-hybridized carbons (Fsp3) is 0.769. The summed E-state index contributed by atoms with van der Waals surface area (Å²) < 4.78 is 0. The van der Waals surface area contributed by atoms with Crippen LogP contribution in [0.4, 0.5) is 0 Å². The van der Waals surface area contributed by atoms with Crippen molar-refractivity contribution in [1.82, 2.24) is 0 Å². The van der Waals surface area contributed by atoms with Crippen LogP contribution < -0.4 is 10.2 Å². The first-order chi connectivity index (χ1) is 14.6. The molecule has 0 saturated heterocycles. The van der Waals surface area contributed by atoms with Gasteiger partial charge in [-0.1, -0.05) is 88.9 Å². The second-order valence-corrected chi connectivity index (χ2v) is 8.00. The van der Waals surface area contributed by atoms with Crippen molar-refractivity contribution in [3.05, 3.63) is 0 Å². The zero-order valence-electron chi connectivity index (χ0n) is 18.8. The highest BCUT2D eigenvalue weighted by atomic mass is 16.4. The van der Waals surface area contributed by atoms with Crippen LogP contribution in [0.15, 0.2) is 0 Å². The van der Waals surface area contributed by atoms with Crippen LogP contribution in [0, 0.1) is 23.7 Å². The lowest BCUT2D eigenvalue weighted by Crippen LogP contribution is -2.21. The molecule has 0 radical (unpaired) electrons. The van der Waals surface area contributed by atoms with Crippen LogP contribution in [0.5, 0.6) is 0 Å². The van der Waals surface area contributed by atoms with Crippen molar-refractivity contribution in [2.24, 2.45) is 0 Å². The van der Waals surface area contributed by atoms with Crippen molar-refractivity contribution in [2.75, 3.05) is 0 Å². The van der Waals surface area contributed by atoms with Crippen molar-refractivity contribution in [3.8, 4) is 23.7 Å². The Labute approximate surface area is 184 Å². The van der Waals surface area contributed by atoms with E-state index >= 15 is 0 Å². The zero-order chi connectivity index (χ0) is 22.1. The van der Waals surface area contributed by atoms with Crippen molar-refractivity contribution in [1.29, 1.82) is 0 Å². The molecule has 0 amide bonds. The third-order valence-electron chi connectivity index (χ3n) is 5.10. The minimum Gasteiger partial charge on any atom is -0.550 e. The Morgan fingerprint density at radius 2 is 0.700 bits per heavy atom. The number of carboxylic acid groups (broad SMARTS) is 2. The predicted molar refractivity (Wildman–Crippen MR) is 118 cm³/mol. The molecule has 0 atom stereocenters. The third-order valence-corrected chi connectivity index (χ3v) is 5.10. The monoisotopic (exact) mass is 416 g/mol. The van der Waals surface area contributed by atoms with Crippen molar-refractivity contribution in [3.63, 3.8) is 0 Å². The molecule has 0 unspecified atom stereocenters. The number of carbonyl (C=O) groups excluding carboxylic acids is 2. The number of aliphatic carboxylic acids is 2. The number of carboxylic acids is 2. The number of carbonyl (C=O) groups is 2. The van der Waals surface area contributed by atoms with Gasteiger partial charge in [0.2, 0.25) is 0 Å². The normalized spacial score (nSPS) is 10.0. The van der Waals surface area contributed by atoms with Gasteiger partial charge < -0.3 is 19.8 Å². The summed E-state index contributed by atoms with van der Waals surface area (Å²) in [6, 6.07) is 0. The lowest BCUT2D eigenvalue weighted by atomic mass is 10.1. The molecular formula is C26H40O4-2. The molecule has 4 heteroatoms. The topological polar surface area (TPSA) is 80.3 Å². The average molecular weight is 417 g/mol. The highest BCUT2D eigenvalue weighted by molar-refractivity contribution is 5.64. The highest BCUT2D eigenvalue weighted by Crippen LogP contribution is 2.11. The van der Waals surface area contributed by atoms with Gasteiger partial charge in [0.25, 0.3) is 0 Å². The lowest BCUT2D eigenvalue weighted by molar-refractivity contribution is -0.307. The zero-order valence-corrected chi connectivity index (χ0v) is 18.8. The Morgan fingerprint density at radius 3 is 1.00 bits per heavy atom. The molecule has 0 fully saturated rings. The second kappa shape index (κ2) is 23.3. The molecule has 0 aromatic rings. The lowest BCUT2D eigenvalue weighted by Gasteiger charge is -2.02. The van der Waals surface area contributed by atoms with Gasteiger partial charge >= 0.3 is 0 Å². The van der Waals surface area contributed by atoms with Gasteiger partial charge in [-0.2, -0.15) is 0 Å². The predicted octanol–water partition coefficient (Wildman–Crippen LogP) is 4.30. The summed E-state index contributed by atoms with van der Waals surface area (Å²) in [5.41, 5.74) is 0. The van der Waals surface area contributed by atoms with Crippen molar-refractivity contribution >= 4 is 11.9 Å². The largest absolute Gasteiger partial charge is 0.550 e. The Bertz CT molecular complexity index is 495. The van der Waals surface area contributed by atoms with E-state index in [1.165, 1.54) is 51.4 Å². The Morgan fingerprint density at radius 1 is 0.433 bits per heavy atom. The van der Waals surface area contributed by atoms with Crippen LogP contribution >= 0.6 is 0 Å². The van der Waals surface area contributed by atoms with Crippen LogP contribution in [0.3, 0.4) is 0 Å². The number of hydrogen-bond donors (Lipinski definition) is 0. The number of rotatable bonds is 20. The van der Waals surface area contributed by atoms with Crippen LogP contribution in [-0.2, 0) is 9.59 Å². The van der Waals surface area contributed by atoms with Gasteiger partial charge in [0.1, 0.15) is 0 Å². The summed E-state index contributed by atoms with van der Waals surface area (Å²) in [6.07, 6.45) is 19.9.